The van der Waals surface area contributed by atoms with Crippen molar-refractivity contribution < 1.29 is 36.4 Å². The number of nitrogens with zero attached hydrogens (tertiary/aromatic N) is 1. The molecular weight excluding hydrogens is 369 g/mol. The Morgan fingerprint density at radius 3 is 2.65 bits per heavy atom. The highest BCUT2D eigenvalue weighted by Crippen LogP contribution is 2.34. The van der Waals surface area contributed by atoms with E-state index in [9.17, 15) is 27.5 Å². The molecule has 2 rings (SSSR count). The predicted molar refractivity (Wildman–Crippen MR) is 89.0 cm³/mol. The van der Waals surface area contributed by atoms with E-state index in [0.29, 0.717) is 12.0 Å². The fraction of sp³-hybridized carbons (Fsp3) is 0.500. The van der Waals surface area contributed by atoms with Crippen LogP contribution in [0.15, 0.2) is 18.2 Å². The molecule has 1 amide bonds. The average molecular weight is 389 g/mol. The van der Waals surface area contributed by atoms with Gasteiger partial charge in [0.15, 0.2) is 0 Å². The first-order chi connectivity index (χ1) is 12.1. The highest BCUT2D eigenvalue weighted by molar-refractivity contribution is 7.85. The van der Waals surface area contributed by atoms with Crippen LogP contribution in [0, 0.1) is 11.7 Å². The summed E-state index contributed by atoms with van der Waals surface area (Å²) in [4.78, 5) is 24.1. The lowest BCUT2D eigenvalue weighted by Gasteiger charge is -2.37. The van der Waals surface area contributed by atoms with Gasteiger partial charge in [0.25, 0.3) is 10.1 Å². The molecule has 2 unspecified atom stereocenters. The van der Waals surface area contributed by atoms with E-state index in [-0.39, 0.29) is 31.2 Å². The molecule has 0 aliphatic carbocycles. The first-order valence-electron chi connectivity index (χ1n) is 7.82. The Labute approximate surface area is 150 Å². The summed E-state index contributed by atoms with van der Waals surface area (Å²) in [6.07, 6.45) is 0.186. The summed E-state index contributed by atoms with van der Waals surface area (Å²) in [7, 11) is -2.56. The van der Waals surface area contributed by atoms with Crippen LogP contribution in [0.1, 0.15) is 28.3 Å². The smallest absolute Gasteiger partial charge is 0.407 e. The normalized spacial score (nSPS) is 20.7. The number of carboxylic acid groups (broad SMARTS) is 1. The molecular formula is C16H20FNO7S. The molecule has 1 saturated heterocycles. The van der Waals surface area contributed by atoms with Crippen LogP contribution in [-0.4, -0.2) is 63.5 Å². The van der Waals surface area contributed by atoms with Gasteiger partial charge in [-0.15, -0.1) is 0 Å². The lowest BCUT2D eigenvalue weighted by Crippen LogP contribution is -2.44. The fourth-order valence-electron chi connectivity index (χ4n) is 3.06. The number of amides is 1. The topological polar surface area (TPSA) is 110 Å². The zero-order valence-corrected chi connectivity index (χ0v) is 15.2. The van der Waals surface area contributed by atoms with Crippen LogP contribution in [0.2, 0.25) is 0 Å². The third-order valence-corrected chi connectivity index (χ3v) is 4.89. The van der Waals surface area contributed by atoms with Gasteiger partial charge >= 0.3 is 12.1 Å². The second-order valence-corrected chi connectivity index (χ2v) is 7.75. The van der Waals surface area contributed by atoms with Crippen molar-refractivity contribution in [3.05, 3.63) is 35.1 Å². The van der Waals surface area contributed by atoms with Crippen molar-refractivity contribution in [1.82, 2.24) is 4.90 Å². The lowest BCUT2D eigenvalue weighted by molar-refractivity contribution is 0.0595. The van der Waals surface area contributed by atoms with Crippen LogP contribution in [0.25, 0.3) is 0 Å². The Kier molecular flexibility index (Phi) is 6.19. The van der Waals surface area contributed by atoms with Crippen LogP contribution in [0.4, 0.5) is 9.18 Å². The number of ether oxygens (including phenoxy) is 1. The number of likely N-dealkylation sites (tertiary alicyclic amines) is 1. The minimum atomic E-state index is -3.70. The van der Waals surface area contributed by atoms with Crippen LogP contribution < -0.4 is 0 Å². The van der Waals surface area contributed by atoms with E-state index in [1.165, 1.54) is 17.0 Å². The maximum absolute atomic E-state index is 13.9. The molecule has 2 atom stereocenters. The van der Waals surface area contributed by atoms with Crippen molar-refractivity contribution in [2.45, 2.75) is 12.3 Å². The summed E-state index contributed by atoms with van der Waals surface area (Å²) in [6, 6.07) is 3.99. The molecule has 0 spiro atoms. The van der Waals surface area contributed by atoms with Gasteiger partial charge in [-0.3, -0.25) is 4.18 Å². The Morgan fingerprint density at radius 1 is 1.38 bits per heavy atom. The van der Waals surface area contributed by atoms with E-state index in [1.54, 1.807) is 0 Å². The average Bonchev–Trinajstić information content (AvgIpc) is 2.59. The molecule has 1 aliphatic rings. The van der Waals surface area contributed by atoms with Crippen molar-refractivity contribution in [2.75, 3.05) is 33.1 Å². The third kappa shape index (κ3) is 4.92. The number of hydrogen-bond acceptors (Lipinski definition) is 6. The number of hydrogen-bond donors (Lipinski definition) is 1. The predicted octanol–water partition coefficient (Wildman–Crippen LogP) is 1.67. The summed E-state index contributed by atoms with van der Waals surface area (Å²) in [6.45, 7) is 0.0962. The molecule has 1 heterocycles. The SMILES string of the molecule is COC(=O)c1cc(C2CCN(C(=O)O)CC2COS(C)(=O)=O)ccc1F. The molecule has 0 saturated carbocycles. The van der Waals surface area contributed by atoms with Crippen LogP contribution in [0.3, 0.4) is 0 Å². The number of carbonyl (C=O) groups excluding carboxylic acids is 1. The zero-order chi connectivity index (χ0) is 19.5. The van der Waals surface area contributed by atoms with E-state index in [1.807, 2.05) is 0 Å². The maximum Gasteiger partial charge on any atom is 0.407 e. The van der Waals surface area contributed by atoms with E-state index in [2.05, 4.69) is 4.74 Å². The van der Waals surface area contributed by atoms with Gasteiger partial charge in [-0.1, -0.05) is 6.07 Å². The van der Waals surface area contributed by atoms with Gasteiger partial charge in [-0.05, 0) is 30.0 Å². The number of methoxy groups -OCH3 is 1. The summed E-state index contributed by atoms with van der Waals surface area (Å²) in [5.41, 5.74) is 0.368. The van der Waals surface area contributed by atoms with Gasteiger partial charge in [-0.2, -0.15) is 8.42 Å². The molecule has 10 heteroatoms. The molecule has 0 bridgehead atoms. The van der Waals surface area contributed by atoms with Crippen LogP contribution in [0.5, 0.6) is 0 Å². The summed E-state index contributed by atoms with van der Waals surface area (Å²) in [5, 5.41) is 9.18. The number of piperidine rings is 1. The van der Waals surface area contributed by atoms with Gasteiger partial charge in [0.1, 0.15) is 5.82 Å². The van der Waals surface area contributed by atoms with Crippen molar-refractivity contribution in [2.24, 2.45) is 5.92 Å². The Bertz CT molecular complexity index is 796. The lowest BCUT2D eigenvalue weighted by atomic mass is 9.80. The molecule has 26 heavy (non-hydrogen) atoms. The molecule has 1 aromatic carbocycles. The van der Waals surface area contributed by atoms with Gasteiger partial charge in [0.05, 0.1) is 25.5 Å². The molecule has 1 fully saturated rings. The maximum atomic E-state index is 13.9. The first kappa shape index (κ1) is 20.1. The highest BCUT2D eigenvalue weighted by atomic mass is 32.2. The number of carbonyl (C=O) groups is 2. The number of rotatable bonds is 5. The van der Waals surface area contributed by atoms with Crippen molar-refractivity contribution >= 4 is 22.2 Å². The first-order valence-corrected chi connectivity index (χ1v) is 9.64. The quantitative estimate of drug-likeness (QED) is 0.602. The second-order valence-electron chi connectivity index (χ2n) is 6.10. The third-order valence-electron chi connectivity index (χ3n) is 4.32. The Morgan fingerprint density at radius 2 is 2.08 bits per heavy atom. The van der Waals surface area contributed by atoms with Crippen LogP contribution in [-0.2, 0) is 19.0 Å². The van der Waals surface area contributed by atoms with E-state index in [4.69, 9.17) is 4.18 Å². The minimum absolute atomic E-state index is 0.0699. The molecule has 0 aromatic heterocycles. The molecule has 1 aromatic rings. The van der Waals surface area contributed by atoms with Gasteiger partial charge < -0.3 is 14.7 Å². The largest absolute Gasteiger partial charge is 0.465 e. The Hall–Kier alpha value is -2.20. The van der Waals surface area contributed by atoms with E-state index < -0.39 is 33.9 Å². The summed E-state index contributed by atoms with van der Waals surface area (Å²) in [5.74, 6) is -2.31. The fourth-order valence-corrected chi connectivity index (χ4v) is 3.49. The summed E-state index contributed by atoms with van der Waals surface area (Å²) >= 11 is 0. The Balaban J connectivity index is 2.31. The highest BCUT2D eigenvalue weighted by Gasteiger charge is 2.34. The number of benzene rings is 1. The van der Waals surface area contributed by atoms with Crippen molar-refractivity contribution in [3.8, 4) is 0 Å². The molecule has 1 N–H and O–H groups in total. The van der Waals surface area contributed by atoms with Crippen molar-refractivity contribution in [1.29, 1.82) is 0 Å². The number of esters is 1. The van der Waals surface area contributed by atoms with Gasteiger partial charge in [0.2, 0.25) is 0 Å². The zero-order valence-electron chi connectivity index (χ0n) is 14.3. The summed E-state index contributed by atoms with van der Waals surface area (Å²) < 4.78 is 45.9. The van der Waals surface area contributed by atoms with Gasteiger partial charge in [-0.25, -0.2) is 14.0 Å². The van der Waals surface area contributed by atoms with E-state index >= 15 is 0 Å². The van der Waals surface area contributed by atoms with Crippen LogP contribution >= 0.6 is 0 Å². The molecule has 8 nitrogen and oxygen atoms in total. The van der Waals surface area contributed by atoms with Gasteiger partial charge in [0, 0.05) is 19.0 Å². The van der Waals surface area contributed by atoms with Crippen molar-refractivity contribution in [3.63, 3.8) is 0 Å². The monoisotopic (exact) mass is 389 g/mol. The standard InChI is InChI=1S/C16H20FNO7S/c1-24-15(19)13-7-10(3-4-14(13)17)12-5-6-18(16(20)21)8-11(12)9-25-26(2,22)23/h3-4,7,11-12H,5-6,8-9H2,1-2H3,(H,20,21). The number of halogens is 1. The molecule has 144 valence electrons. The second kappa shape index (κ2) is 8.00. The molecule has 1 aliphatic heterocycles. The van der Waals surface area contributed by atoms with E-state index in [0.717, 1.165) is 19.4 Å². The minimum Gasteiger partial charge on any atom is -0.465 e. The molecule has 0 radical (unpaired) electrons.